The number of carbonyl (C=O) groups is 2. The molecule has 1 aliphatic rings. The van der Waals surface area contributed by atoms with Gasteiger partial charge >= 0.3 is 6.09 Å². The Bertz CT molecular complexity index is 1400. The Kier molecular flexibility index (Phi) is 8.46. The summed E-state index contributed by atoms with van der Waals surface area (Å²) in [6.45, 7) is 9.24. The van der Waals surface area contributed by atoms with Crippen molar-refractivity contribution < 1.29 is 27.5 Å². The van der Waals surface area contributed by atoms with Crippen molar-refractivity contribution >= 4 is 22.9 Å². The highest BCUT2D eigenvalue weighted by Gasteiger charge is 2.31. The topological polar surface area (TPSA) is 67.7 Å². The van der Waals surface area contributed by atoms with Gasteiger partial charge in [0.15, 0.2) is 0 Å². The van der Waals surface area contributed by atoms with E-state index in [1.165, 1.54) is 12.1 Å². The van der Waals surface area contributed by atoms with Crippen molar-refractivity contribution in [3.05, 3.63) is 53.5 Å². The molecule has 40 heavy (non-hydrogen) atoms. The van der Waals surface area contributed by atoms with E-state index in [2.05, 4.69) is 5.10 Å². The molecule has 1 aliphatic heterocycles. The van der Waals surface area contributed by atoms with E-state index in [9.17, 15) is 22.8 Å². The summed E-state index contributed by atoms with van der Waals surface area (Å²) in [6.07, 6.45) is 0.121. The molecule has 0 spiro atoms. The number of nitrogens with zero attached hydrogens (tertiary/aromatic N) is 4. The Morgan fingerprint density at radius 3 is 2.52 bits per heavy atom. The van der Waals surface area contributed by atoms with Crippen LogP contribution in [0.25, 0.3) is 22.0 Å². The highest BCUT2D eigenvalue weighted by molar-refractivity contribution is 6.05. The number of alkyl halides is 2. The normalized spacial score (nSPS) is 15.9. The van der Waals surface area contributed by atoms with Gasteiger partial charge in [-0.05, 0) is 88.3 Å². The number of rotatable bonds is 7. The number of ether oxygens (including phenoxy) is 1. The summed E-state index contributed by atoms with van der Waals surface area (Å²) in [5.74, 6) is -1.08. The van der Waals surface area contributed by atoms with Crippen molar-refractivity contribution in [2.45, 2.75) is 65.5 Å². The van der Waals surface area contributed by atoms with Crippen LogP contribution < -0.4 is 0 Å². The first kappa shape index (κ1) is 29.4. The SMILES string of the molecule is CC(C)N(CC(F)F)C(=O)c1cc(F)ccc1-c1cc(C[C@H]2CCN(C(=O)OC(C)(C)C)C2)cc2c1cnn2C. The number of fused-ring (bicyclic) bond motifs is 1. The van der Waals surface area contributed by atoms with Gasteiger partial charge in [-0.25, -0.2) is 18.0 Å². The summed E-state index contributed by atoms with van der Waals surface area (Å²) in [4.78, 5) is 28.9. The third-order valence-electron chi connectivity index (χ3n) is 7.11. The lowest BCUT2D eigenvalue weighted by Crippen LogP contribution is -2.40. The Morgan fingerprint density at radius 2 is 1.88 bits per heavy atom. The van der Waals surface area contributed by atoms with Gasteiger partial charge in [0.1, 0.15) is 11.4 Å². The van der Waals surface area contributed by atoms with Gasteiger partial charge in [-0.2, -0.15) is 5.10 Å². The van der Waals surface area contributed by atoms with Gasteiger partial charge in [-0.3, -0.25) is 9.48 Å². The molecule has 2 aromatic carbocycles. The molecule has 1 fully saturated rings. The fourth-order valence-corrected chi connectivity index (χ4v) is 5.23. The van der Waals surface area contributed by atoms with Gasteiger partial charge in [-0.1, -0.05) is 12.1 Å². The maximum Gasteiger partial charge on any atom is 0.410 e. The van der Waals surface area contributed by atoms with Gasteiger partial charge in [0, 0.05) is 31.6 Å². The molecule has 0 saturated carbocycles. The Hall–Kier alpha value is -3.56. The van der Waals surface area contributed by atoms with Crippen LogP contribution in [-0.4, -0.2) is 69.3 Å². The number of hydrogen-bond donors (Lipinski definition) is 0. The van der Waals surface area contributed by atoms with E-state index in [1.807, 2.05) is 40.0 Å². The maximum atomic E-state index is 14.4. The number of halogens is 3. The average Bonchev–Trinajstić information content (AvgIpc) is 3.47. The lowest BCUT2D eigenvalue weighted by atomic mass is 9.91. The van der Waals surface area contributed by atoms with Gasteiger partial charge in [-0.15, -0.1) is 0 Å². The molecule has 0 bridgehead atoms. The first-order valence-electron chi connectivity index (χ1n) is 13.5. The number of amides is 2. The minimum Gasteiger partial charge on any atom is -0.444 e. The molecule has 216 valence electrons. The number of aromatic nitrogens is 2. The summed E-state index contributed by atoms with van der Waals surface area (Å²) < 4.78 is 48.4. The number of likely N-dealkylation sites (tertiary alicyclic amines) is 1. The average molecular weight is 559 g/mol. The first-order valence-corrected chi connectivity index (χ1v) is 13.5. The van der Waals surface area contributed by atoms with Crippen LogP contribution in [-0.2, 0) is 18.2 Å². The smallest absolute Gasteiger partial charge is 0.410 e. The Labute approximate surface area is 232 Å². The predicted molar refractivity (Wildman–Crippen MR) is 148 cm³/mol. The summed E-state index contributed by atoms with van der Waals surface area (Å²) >= 11 is 0. The zero-order valence-corrected chi connectivity index (χ0v) is 23.9. The molecule has 10 heteroatoms. The standard InChI is InChI=1S/C30H37F3N4O3/c1-18(2)37(17-27(32)33)28(38)24-14-21(31)7-8-22(24)23-12-20(13-26-25(23)15-34-35(26)6)11-19-9-10-36(16-19)29(39)40-30(3,4)5/h7-8,12-15,18-19,27H,9-11,16-17H2,1-6H3/t19-/m1/s1. The fraction of sp³-hybridized carbons (Fsp3) is 0.500. The summed E-state index contributed by atoms with van der Waals surface area (Å²) in [7, 11) is 1.82. The monoisotopic (exact) mass is 558 g/mol. The fourth-order valence-electron chi connectivity index (χ4n) is 5.23. The Balaban J connectivity index is 1.71. The van der Waals surface area contributed by atoms with Crippen LogP contribution >= 0.6 is 0 Å². The van der Waals surface area contributed by atoms with Gasteiger partial charge in [0.25, 0.3) is 12.3 Å². The lowest BCUT2D eigenvalue weighted by Gasteiger charge is -2.27. The van der Waals surface area contributed by atoms with E-state index in [-0.39, 0.29) is 17.6 Å². The van der Waals surface area contributed by atoms with Crippen molar-refractivity contribution in [3.8, 4) is 11.1 Å². The second kappa shape index (κ2) is 11.5. The molecule has 1 saturated heterocycles. The van der Waals surface area contributed by atoms with E-state index in [0.717, 1.165) is 33.9 Å². The van der Waals surface area contributed by atoms with E-state index < -0.39 is 36.3 Å². The minimum atomic E-state index is -2.72. The molecule has 7 nitrogen and oxygen atoms in total. The van der Waals surface area contributed by atoms with Crippen LogP contribution in [0.1, 0.15) is 57.0 Å². The largest absolute Gasteiger partial charge is 0.444 e. The highest BCUT2D eigenvalue weighted by Crippen LogP contribution is 2.35. The van der Waals surface area contributed by atoms with Crippen molar-refractivity contribution in [1.29, 1.82) is 0 Å². The third-order valence-corrected chi connectivity index (χ3v) is 7.11. The van der Waals surface area contributed by atoms with Crippen molar-refractivity contribution in [2.24, 2.45) is 13.0 Å². The predicted octanol–water partition coefficient (Wildman–Crippen LogP) is 6.29. The molecular weight excluding hydrogens is 521 g/mol. The van der Waals surface area contributed by atoms with Crippen LogP contribution in [0.15, 0.2) is 36.5 Å². The van der Waals surface area contributed by atoms with Crippen LogP contribution in [0.5, 0.6) is 0 Å². The molecule has 2 heterocycles. The second-order valence-corrected chi connectivity index (χ2v) is 11.8. The van der Waals surface area contributed by atoms with Crippen molar-refractivity contribution in [2.75, 3.05) is 19.6 Å². The number of benzene rings is 2. The van der Waals surface area contributed by atoms with Crippen molar-refractivity contribution in [1.82, 2.24) is 19.6 Å². The maximum absolute atomic E-state index is 14.4. The molecule has 4 rings (SSSR count). The molecule has 0 aliphatic carbocycles. The molecule has 0 N–H and O–H groups in total. The summed E-state index contributed by atoms with van der Waals surface area (Å²) in [5, 5.41) is 5.16. The molecule has 0 unspecified atom stereocenters. The lowest BCUT2D eigenvalue weighted by molar-refractivity contribution is 0.0288. The van der Waals surface area contributed by atoms with Crippen LogP contribution in [0.4, 0.5) is 18.0 Å². The number of aryl methyl sites for hydroxylation is 1. The van der Waals surface area contributed by atoms with E-state index >= 15 is 0 Å². The molecule has 3 aromatic rings. The van der Waals surface area contributed by atoms with Gasteiger partial charge in [0.05, 0.1) is 23.8 Å². The van der Waals surface area contributed by atoms with Crippen LogP contribution in [0.3, 0.4) is 0 Å². The van der Waals surface area contributed by atoms with E-state index in [1.54, 1.807) is 29.6 Å². The minimum absolute atomic E-state index is 0.0219. The van der Waals surface area contributed by atoms with Crippen molar-refractivity contribution in [3.63, 3.8) is 0 Å². The molecule has 1 atom stereocenters. The molecule has 1 aromatic heterocycles. The zero-order valence-electron chi connectivity index (χ0n) is 23.9. The van der Waals surface area contributed by atoms with E-state index in [0.29, 0.717) is 30.6 Å². The van der Waals surface area contributed by atoms with Gasteiger partial charge in [0.2, 0.25) is 0 Å². The highest BCUT2D eigenvalue weighted by atomic mass is 19.3. The molecule has 2 amide bonds. The molecule has 0 radical (unpaired) electrons. The first-order chi connectivity index (χ1) is 18.7. The van der Waals surface area contributed by atoms with Crippen LogP contribution in [0.2, 0.25) is 0 Å². The third kappa shape index (κ3) is 6.59. The Morgan fingerprint density at radius 1 is 1.15 bits per heavy atom. The summed E-state index contributed by atoms with van der Waals surface area (Å²) in [6, 6.07) is 7.39. The number of hydrogen-bond acceptors (Lipinski definition) is 4. The van der Waals surface area contributed by atoms with E-state index in [4.69, 9.17) is 4.74 Å². The quantitative estimate of drug-likeness (QED) is 0.342. The zero-order chi connectivity index (χ0) is 29.4. The number of carbonyl (C=O) groups excluding carboxylic acids is 2. The second-order valence-electron chi connectivity index (χ2n) is 11.8. The molecular formula is C30H37F3N4O3. The van der Waals surface area contributed by atoms with Crippen LogP contribution in [0, 0.1) is 11.7 Å². The summed E-state index contributed by atoms with van der Waals surface area (Å²) in [5.41, 5.74) is 2.37. The van der Waals surface area contributed by atoms with Gasteiger partial charge < -0.3 is 14.5 Å².